The highest BCUT2D eigenvalue weighted by molar-refractivity contribution is 7.71. The van der Waals surface area contributed by atoms with Gasteiger partial charge in [-0.15, -0.1) is 0 Å². The molecule has 0 radical (unpaired) electrons. The lowest BCUT2D eigenvalue weighted by molar-refractivity contribution is 0.242. The minimum atomic E-state index is -0.0216. The molecule has 148 valence electrons. The van der Waals surface area contributed by atoms with Gasteiger partial charge in [0.25, 0.3) is 0 Å². The van der Waals surface area contributed by atoms with Crippen molar-refractivity contribution in [3.8, 4) is 22.9 Å². The van der Waals surface area contributed by atoms with E-state index in [2.05, 4.69) is 15.6 Å². The molecule has 0 aliphatic rings. The van der Waals surface area contributed by atoms with Gasteiger partial charge in [0.1, 0.15) is 5.75 Å². The normalized spacial score (nSPS) is 10.9. The fourth-order valence-electron chi connectivity index (χ4n) is 2.69. The molecule has 0 bridgehead atoms. The van der Waals surface area contributed by atoms with Crippen molar-refractivity contribution in [2.45, 2.75) is 26.5 Å². The molecule has 0 saturated carbocycles. The van der Waals surface area contributed by atoms with Gasteiger partial charge in [-0.2, -0.15) is 5.10 Å². The van der Waals surface area contributed by atoms with Gasteiger partial charge in [0, 0.05) is 0 Å². The van der Waals surface area contributed by atoms with Crippen LogP contribution in [0, 0.1) is 4.77 Å². The van der Waals surface area contributed by atoms with Crippen molar-refractivity contribution in [2.75, 3.05) is 12.5 Å². The maximum Gasteiger partial charge on any atom is 0.214 e. The Bertz CT molecular complexity index is 1010. The first kappa shape index (κ1) is 20.5. The molecule has 3 aromatic rings. The number of rotatable bonds is 7. The van der Waals surface area contributed by atoms with E-state index in [-0.39, 0.29) is 6.10 Å². The second kappa shape index (κ2) is 8.86. The summed E-state index contributed by atoms with van der Waals surface area (Å²) in [5.41, 5.74) is 4.93. The van der Waals surface area contributed by atoms with E-state index in [4.69, 9.17) is 44.9 Å². The van der Waals surface area contributed by atoms with Crippen molar-refractivity contribution in [2.24, 2.45) is 0 Å². The van der Waals surface area contributed by atoms with Crippen molar-refractivity contribution in [3.63, 3.8) is 0 Å². The molecule has 0 unspecified atom stereocenters. The largest absolute Gasteiger partial charge is 0.496 e. The van der Waals surface area contributed by atoms with Gasteiger partial charge in [0.15, 0.2) is 11.6 Å². The number of methoxy groups -OCH3 is 1. The molecular formula is C19H20Cl2N4O2S. The fraction of sp³-hybridized carbons (Fsp3) is 0.263. The Morgan fingerprint density at radius 2 is 1.89 bits per heavy atom. The van der Waals surface area contributed by atoms with Crippen LogP contribution in [0.5, 0.6) is 11.5 Å². The van der Waals surface area contributed by atoms with Gasteiger partial charge >= 0.3 is 0 Å². The highest BCUT2D eigenvalue weighted by Gasteiger charge is 2.15. The minimum absolute atomic E-state index is 0.0216. The van der Waals surface area contributed by atoms with Crippen LogP contribution in [0.4, 0.5) is 0 Å². The summed E-state index contributed by atoms with van der Waals surface area (Å²) in [5.74, 6) is 1.79. The topological polar surface area (TPSA) is 64.1 Å². The van der Waals surface area contributed by atoms with Crippen LogP contribution in [0.25, 0.3) is 11.4 Å². The highest BCUT2D eigenvalue weighted by atomic mass is 35.5. The Morgan fingerprint density at radius 1 is 1.21 bits per heavy atom. The molecule has 0 saturated heterocycles. The van der Waals surface area contributed by atoms with Crippen molar-refractivity contribution in [3.05, 3.63) is 56.8 Å². The predicted molar refractivity (Wildman–Crippen MR) is 115 cm³/mol. The third-order valence-electron chi connectivity index (χ3n) is 3.87. The Labute approximate surface area is 178 Å². The number of H-pyrrole nitrogens is 1. The first-order valence-corrected chi connectivity index (χ1v) is 9.76. The maximum absolute atomic E-state index is 6.34. The van der Waals surface area contributed by atoms with E-state index in [9.17, 15) is 0 Å². The monoisotopic (exact) mass is 438 g/mol. The average molecular weight is 439 g/mol. The second-order valence-corrected chi connectivity index (χ2v) is 7.48. The van der Waals surface area contributed by atoms with E-state index in [1.165, 1.54) is 0 Å². The number of hydrogen-bond acceptors (Lipinski definition) is 5. The molecule has 0 spiro atoms. The molecule has 1 heterocycles. The van der Waals surface area contributed by atoms with Crippen molar-refractivity contribution in [1.82, 2.24) is 14.9 Å². The van der Waals surface area contributed by atoms with E-state index in [0.717, 1.165) is 11.1 Å². The number of ether oxygens (including phenoxy) is 2. The van der Waals surface area contributed by atoms with E-state index in [0.29, 0.717) is 38.7 Å². The zero-order valence-corrected chi connectivity index (χ0v) is 18.0. The molecule has 1 aromatic heterocycles. The minimum Gasteiger partial charge on any atom is -0.496 e. The van der Waals surface area contributed by atoms with Gasteiger partial charge in [-0.05, 0) is 55.9 Å². The molecule has 0 atom stereocenters. The lowest BCUT2D eigenvalue weighted by Crippen LogP contribution is -2.16. The SMILES string of the molecule is COc1ccccc1-c1n[nH]c(=S)n1NCc1cc(Cl)c(OC(C)C)c(Cl)c1. The Balaban J connectivity index is 1.87. The third kappa shape index (κ3) is 4.43. The molecule has 9 heteroatoms. The summed E-state index contributed by atoms with van der Waals surface area (Å²) in [5, 5.41) is 8.04. The zero-order valence-electron chi connectivity index (χ0n) is 15.6. The van der Waals surface area contributed by atoms with Crippen LogP contribution in [0.2, 0.25) is 10.0 Å². The van der Waals surface area contributed by atoms with Gasteiger partial charge in [-0.25, -0.2) is 9.77 Å². The molecule has 0 aliphatic heterocycles. The summed E-state index contributed by atoms with van der Waals surface area (Å²) >= 11 is 18.0. The standard InChI is InChI=1S/C19H20Cl2N4O2S/c1-11(2)27-17-14(20)8-12(9-15(17)21)10-22-25-18(23-24-19(25)28)13-6-4-5-7-16(13)26-3/h4-9,11,22H,10H2,1-3H3,(H,24,28). The summed E-state index contributed by atoms with van der Waals surface area (Å²) in [7, 11) is 1.61. The first-order chi connectivity index (χ1) is 13.4. The number of nitrogens with one attached hydrogen (secondary N) is 2. The number of benzene rings is 2. The summed E-state index contributed by atoms with van der Waals surface area (Å²) in [4.78, 5) is 0. The molecular weight excluding hydrogens is 419 g/mol. The quantitative estimate of drug-likeness (QED) is 0.479. The summed E-state index contributed by atoms with van der Waals surface area (Å²) in [6, 6.07) is 11.2. The van der Waals surface area contributed by atoms with Gasteiger partial charge in [-0.1, -0.05) is 35.3 Å². The van der Waals surface area contributed by atoms with Crippen molar-refractivity contribution in [1.29, 1.82) is 0 Å². The number of hydrogen-bond donors (Lipinski definition) is 2. The van der Waals surface area contributed by atoms with Gasteiger partial charge in [0.2, 0.25) is 4.77 Å². The van der Waals surface area contributed by atoms with Crippen LogP contribution in [-0.2, 0) is 6.54 Å². The lowest BCUT2D eigenvalue weighted by Gasteiger charge is -2.16. The van der Waals surface area contributed by atoms with Crippen LogP contribution in [-0.4, -0.2) is 28.1 Å². The second-order valence-electron chi connectivity index (χ2n) is 6.28. The number of halogens is 2. The molecule has 6 nitrogen and oxygen atoms in total. The van der Waals surface area contributed by atoms with E-state index in [1.54, 1.807) is 11.8 Å². The van der Waals surface area contributed by atoms with Gasteiger partial charge in [0.05, 0.1) is 35.4 Å². The lowest BCUT2D eigenvalue weighted by atomic mass is 10.2. The Morgan fingerprint density at radius 3 is 2.54 bits per heavy atom. The third-order valence-corrected chi connectivity index (χ3v) is 4.71. The molecule has 28 heavy (non-hydrogen) atoms. The molecule has 0 fully saturated rings. The van der Waals surface area contributed by atoms with E-state index in [1.807, 2.05) is 50.2 Å². The summed E-state index contributed by atoms with van der Waals surface area (Å²) < 4.78 is 13.2. The van der Waals surface area contributed by atoms with Crippen molar-refractivity contribution < 1.29 is 9.47 Å². The fourth-order valence-corrected chi connectivity index (χ4v) is 3.50. The van der Waals surface area contributed by atoms with Crippen molar-refractivity contribution >= 4 is 35.4 Å². The van der Waals surface area contributed by atoms with Gasteiger partial charge in [-0.3, -0.25) is 0 Å². The highest BCUT2D eigenvalue weighted by Crippen LogP contribution is 2.35. The Kier molecular flexibility index (Phi) is 6.49. The molecule has 0 amide bonds. The Hall–Kier alpha value is -2.22. The summed E-state index contributed by atoms with van der Waals surface area (Å²) in [6.07, 6.45) is -0.0216. The van der Waals surface area contributed by atoms with Crippen LogP contribution >= 0.6 is 35.4 Å². The molecule has 2 aromatic carbocycles. The number of para-hydroxylation sites is 1. The zero-order chi connectivity index (χ0) is 20.3. The molecule has 3 rings (SSSR count). The van der Waals surface area contributed by atoms with Crippen LogP contribution in [0.1, 0.15) is 19.4 Å². The molecule has 2 N–H and O–H groups in total. The van der Waals surface area contributed by atoms with Crippen LogP contribution < -0.4 is 14.9 Å². The van der Waals surface area contributed by atoms with Gasteiger partial charge < -0.3 is 14.9 Å². The number of aromatic nitrogens is 3. The average Bonchev–Trinajstić information content (AvgIpc) is 3.03. The van der Waals surface area contributed by atoms with E-state index < -0.39 is 0 Å². The number of aromatic amines is 1. The summed E-state index contributed by atoms with van der Waals surface area (Å²) in [6.45, 7) is 4.27. The van der Waals surface area contributed by atoms with E-state index >= 15 is 0 Å². The molecule has 0 aliphatic carbocycles. The predicted octanol–water partition coefficient (Wildman–Crippen LogP) is 5.45. The number of nitrogens with zero attached hydrogens (tertiary/aromatic N) is 2. The van der Waals surface area contributed by atoms with Crippen LogP contribution in [0.3, 0.4) is 0 Å². The van der Waals surface area contributed by atoms with Crippen LogP contribution in [0.15, 0.2) is 36.4 Å². The first-order valence-electron chi connectivity index (χ1n) is 8.60. The smallest absolute Gasteiger partial charge is 0.214 e. The maximum atomic E-state index is 6.34.